The highest BCUT2D eigenvalue weighted by Gasteiger charge is 2.22. The Morgan fingerprint density at radius 3 is 2.12 bits per heavy atom. The minimum Gasteiger partial charge on any atom is -0.205 e. The van der Waals surface area contributed by atoms with Crippen LogP contribution in [-0.4, -0.2) is 0 Å². The Hall–Kier alpha value is -2.99. The Balaban J connectivity index is 1.26. The predicted octanol–water partition coefficient (Wildman–Crippen LogP) is 8.09. The molecule has 0 spiro atoms. The first-order valence-electron chi connectivity index (χ1n) is 12.0. The molecule has 3 aromatic carbocycles. The topological polar surface area (TPSA) is 23.8 Å². The summed E-state index contributed by atoms with van der Waals surface area (Å²) in [5, 5.41) is 8.81. The molecule has 33 heavy (non-hydrogen) atoms. The zero-order chi connectivity index (χ0) is 23.2. The molecule has 1 nitrogen and oxygen atoms in total. The fourth-order valence-electron chi connectivity index (χ4n) is 5.21. The number of nitriles is 1. The lowest BCUT2D eigenvalue weighted by molar-refractivity contribution is 0.310. The Morgan fingerprint density at radius 2 is 1.52 bits per heavy atom. The van der Waals surface area contributed by atoms with E-state index in [1.165, 1.54) is 41.7 Å². The van der Waals surface area contributed by atoms with Gasteiger partial charge in [0.2, 0.25) is 0 Å². The number of hydrogen-bond donors (Lipinski definition) is 0. The molecule has 0 saturated heterocycles. The van der Waals surface area contributed by atoms with Gasteiger partial charge in [-0.05, 0) is 97.1 Å². The lowest BCUT2D eigenvalue weighted by Gasteiger charge is -2.29. The predicted molar refractivity (Wildman–Crippen MR) is 129 cm³/mol. The molecule has 0 amide bonds. The summed E-state index contributed by atoms with van der Waals surface area (Å²) in [6, 6.07) is 24.1. The second kappa shape index (κ2) is 10.8. The highest BCUT2D eigenvalue weighted by Crippen LogP contribution is 2.38. The summed E-state index contributed by atoms with van der Waals surface area (Å²) in [5.74, 6) is 0.196. The van der Waals surface area contributed by atoms with Gasteiger partial charge >= 0.3 is 0 Å². The Kier molecular flexibility index (Phi) is 7.55. The molecule has 3 aromatic rings. The van der Waals surface area contributed by atoms with Crippen molar-refractivity contribution in [3.8, 4) is 6.07 Å². The molecule has 0 unspecified atom stereocenters. The first-order valence-corrected chi connectivity index (χ1v) is 12.0. The molecule has 1 aliphatic rings. The average molecular weight is 444 g/mol. The van der Waals surface area contributed by atoms with E-state index in [2.05, 4.69) is 61.5 Å². The minimum atomic E-state index is -0.752. The van der Waals surface area contributed by atoms with Gasteiger partial charge in [-0.1, -0.05) is 61.5 Å². The van der Waals surface area contributed by atoms with E-state index in [1.807, 2.05) is 0 Å². The fourth-order valence-corrected chi connectivity index (χ4v) is 5.21. The van der Waals surface area contributed by atoms with E-state index in [1.54, 1.807) is 6.07 Å². The van der Waals surface area contributed by atoms with Gasteiger partial charge in [-0.15, -0.1) is 0 Å². The number of halogens is 2. The molecule has 0 aromatic heterocycles. The molecule has 0 aliphatic heterocycles. The standard InChI is InChI=1S/C30H31F2N/c1-21(25-5-3-2-4-6-25)17-23-11-15-27(16-12-23)26-13-9-22(10-14-26)7-8-24-18-29(31)28(20-33)30(32)19-24/h2-6,11-12,15-16,18-19,21-22,26H,7-10,13-14,17H2,1H3/t21-,22?,26?/m1/s1. The molecule has 3 heteroatoms. The third-order valence-electron chi connectivity index (χ3n) is 7.26. The average Bonchev–Trinajstić information content (AvgIpc) is 2.84. The van der Waals surface area contributed by atoms with Crippen molar-refractivity contribution in [3.05, 3.63) is 106 Å². The molecule has 0 heterocycles. The van der Waals surface area contributed by atoms with Crippen LogP contribution < -0.4 is 0 Å². The maximum Gasteiger partial charge on any atom is 0.144 e. The largest absolute Gasteiger partial charge is 0.205 e. The third kappa shape index (κ3) is 5.88. The van der Waals surface area contributed by atoms with E-state index in [0.29, 0.717) is 29.7 Å². The van der Waals surface area contributed by atoms with Gasteiger partial charge in [-0.25, -0.2) is 8.78 Å². The highest BCUT2D eigenvalue weighted by molar-refractivity contribution is 5.35. The number of aryl methyl sites for hydroxylation is 1. The van der Waals surface area contributed by atoms with Crippen LogP contribution in [0.3, 0.4) is 0 Å². The van der Waals surface area contributed by atoms with Crippen molar-refractivity contribution in [3.63, 3.8) is 0 Å². The van der Waals surface area contributed by atoms with Gasteiger partial charge in [-0.3, -0.25) is 0 Å². The van der Waals surface area contributed by atoms with Crippen molar-refractivity contribution >= 4 is 0 Å². The molecule has 1 saturated carbocycles. The van der Waals surface area contributed by atoms with Crippen molar-refractivity contribution in [2.45, 2.75) is 63.7 Å². The maximum absolute atomic E-state index is 13.8. The smallest absolute Gasteiger partial charge is 0.144 e. The summed E-state index contributed by atoms with van der Waals surface area (Å²) < 4.78 is 27.7. The second-order valence-corrected chi connectivity index (χ2v) is 9.56. The van der Waals surface area contributed by atoms with Crippen LogP contribution in [0.2, 0.25) is 0 Å². The number of rotatable bonds is 7. The highest BCUT2D eigenvalue weighted by atomic mass is 19.1. The molecule has 1 atom stereocenters. The number of hydrogen-bond acceptors (Lipinski definition) is 1. The van der Waals surface area contributed by atoms with Crippen LogP contribution in [0.15, 0.2) is 66.7 Å². The lowest BCUT2D eigenvalue weighted by Crippen LogP contribution is -2.14. The van der Waals surface area contributed by atoms with E-state index < -0.39 is 17.2 Å². The lowest BCUT2D eigenvalue weighted by atomic mass is 9.76. The molecule has 170 valence electrons. The molecule has 0 N–H and O–H groups in total. The second-order valence-electron chi connectivity index (χ2n) is 9.56. The summed E-state index contributed by atoms with van der Waals surface area (Å²) >= 11 is 0. The first-order chi connectivity index (χ1) is 16.0. The third-order valence-corrected chi connectivity index (χ3v) is 7.26. The summed E-state index contributed by atoms with van der Waals surface area (Å²) in [5.41, 5.74) is 4.35. The Bertz CT molecular complexity index is 1070. The van der Waals surface area contributed by atoms with Crippen LogP contribution in [0.5, 0.6) is 0 Å². The van der Waals surface area contributed by atoms with Gasteiger partial charge in [0.05, 0.1) is 0 Å². The van der Waals surface area contributed by atoms with Crippen molar-refractivity contribution in [1.82, 2.24) is 0 Å². The van der Waals surface area contributed by atoms with Gasteiger partial charge in [0, 0.05) is 0 Å². The zero-order valence-electron chi connectivity index (χ0n) is 19.2. The van der Waals surface area contributed by atoms with E-state index in [9.17, 15) is 8.78 Å². The van der Waals surface area contributed by atoms with E-state index in [4.69, 9.17) is 5.26 Å². The minimum absolute atomic E-state index is 0.486. The molecular formula is C30H31F2N. The van der Waals surface area contributed by atoms with Crippen molar-refractivity contribution in [1.29, 1.82) is 5.26 Å². The molecule has 1 aliphatic carbocycles. The number of nitrogens with zero attached hydrogens (tertiary/aromatic N) is 1. The quantitative estimate of drug-likeness (QED) is 0.362. The Morgan fingerprint density at radius 1 is 0.879 bits per heavy atom. The summed E-state index contributed by atoms with van der Waals surface area (Å²) in [4.78, 5) is 0. The van der Waals surface area contributed by atoms with Crippen LogP contribution in [0.4, 0.5) is 8.78 Å². The molecule has 4 rings (SSSR count). The summed E-state index contributed by atoms with van der Waals surface area (Å²) in [6.07, 6.45) is 7.28. The summed E-state index contributed by atoms with van der Waals surface area (Å²) in [7, 11) is 0. The van der Waals surface area contributed by atoms with Gasteiger partial charge < -0.3 is 0 Å². The molecular weight excluding hydrogens is 412 g/mol. The SMILES string of the molecule is C[C@H](Cc1ccc(C2CCC(CCc3cc(F)c(C#N)c(F)c3)CC2)cc1)c1ccccc1. The van der Waals surface area contributed by atoms with E-state index in [-0.39, 0.29) is 0 Å². The molecule has 0 bridgehead atoms. The number of benzene rings is 3. The summed E-state index contributed by atoms with van der Waals surface area (Å²) in [6.45, 7) is 2.28. The first kappa shape index (κ1) is 23.2. The fraction of sp³-hybridized carbons (Fsp3) is 0.367. The molecule has 1 fully saturated rings. The monoisotopic (exact) mass is 443 g/mol. The van der Waals surface area contributed by atoms with Gasteiger partial charge in [-0.2, -0.15) is 5.26 Å². The van der Waals surface area contributed by atoms with Crippen LogP contribution in [0, 0.1) is 28.9 Å². The van der Waals surface area contributed by atoms with Crippen LogP contribution in [0.25, 0.3) is 0 Å². The zero-order valence-corrected chi connectivity index (χ0v) is 19.2. The maximum atomic E-state index is 13.8. The van der Waals surface area contributed by atoms with Gasteiger partial charge in [0.25, 0.3) is 0 Å². The van der Waals surface area contributed by atoms with Crippen molar-refractivity contribution < 1.29 is 8.78 Å². The molecule has 0 radical (unpaired) electrons. The van der Waals surface area contributed by atoms with E-state index >= 15 is 0 Å². The van der Waals surface area contributed by atoms with Crippen LogP contribution >= 0.6 is 0 Å². The van der Waals surface area contributed by atoms with Crippen molar-refractivity contribution in [2.24, 2.45) is 5.92 Å². The Labute approximate surface area is 196 Å². The normalized spacial score (nSPS) is 19.1. The van der Waals surface area contributed by atoms with Crippen LogP contribution in [0.1, 0.15) is 78.7 Å². The van der Waals surface area contributed by atoms with Crippen LogP contribution in [-0.2, 0) is 12.8 Å². The van der Waals surface area contributed by atoms with E-state index in [0.717, 1.165) is 25.7 Å². The van der Waals surface area contributed by atoms with Gasteiger partial charge in [0.1, 0.15) is 23.3 Å². The van der Waals surface area contributed by atoms with Gasteiger partial charge in [0.15, 0.2) is 0 Å². The van der Waals surface area contributed by atoms with Crippen molar-refractivity contribution in [2.75, 3.05) is 0 Å².